The van der Waals surface area contributed by atoms with Crippen LogP contribution in [-0.4, -0.2) is 23.8 Å². The number of hydrogen-bond donors (Lipinski definition) is 1. The van der Waals surface area contributed by atoms with Crippen molar-refractivity contribution in [3.05, 3.63) is 47.6 Å². The summed E-state index contributed by atoms with van der Waals surface area (Å²) >= 11 is 0. The van der Waals surface area contributed by atoms with E-state index < -0.39 is 0 Å². The monoisotopic (exact) mass is 287 g/mol. The van der Waals surface area contributed by atoms with Crippen LogP contribution in [0.5, 0.6) is 0 Å². The molecule has 21 heavy (non-hydrogen) atoms. The van der Waals surface area contributed by atoms with Gasteiger partial charge in [0, 0.05) is 19.1 Å². The lowest BCUT2D eigenvalue weighted by Gasteiger charge is -2.17. The molecule has 0 aliphatic carbocycles. The molecule has 1 N–H and O–H groups in total. The average Bonchev–Trinajstić information content (AvgIpc) is 3.16. The van der Waals surface area contributed by atoms with Crippen molar-refractivity contribution in [3.63, 3.8) is 0 Å². The molecule has 0 saturated carbocycles. The fourth-order valence-electron chi connectivity index (χ4n) is 2.75. The topological polar surface area (TPSA) is 60.2 Å². The normalized spacial score (nSPS) is 23.3. The van der Waals surface area contributed by atoms with Crippen LogP contribution in [0, 0.1) is 0 Å². The van der Waals surface area contributed by atoms with Gasteiger partial charge in [0.2, 0.25) is 11.7 Å². The zero-order chi connectivity index (χ0) is 14.7. The van der Waals surface area contributed by atoms with E-state index in [0.717, 1.165) is 19.4 Å². The van der Waals surface area contributed by atoms with E-state index in [4.69, 9.17) is 9.26 Å². The van der Waals surface area contributed by atoms with Crippen LogP contribution in [0.25, 0.3) is 0 Å². The summed E-state index contributed by atoms with van der Waals surface area (Å²) in [7, 11) is 1.94. The Balaban J connectivity index is 1.74. The summed E-state index contributed by atoms with van der Waals surface area (Å²) in [5.74, 6) is 1.31. The minimum absolute atomic E-state index is 0.164. The molecule has 2 atom stereocenters. The van der Waals surface area contributed by atoms with Crippen molar-refractivity contribution in [2.45, 2.75) is 37.8 Å². The highest BCUT2D eigenvalue weighted by atomic mass is 16.5. The van der Waals surface area contributed by atoms with E-state index in [1.165, 1.54) is 5.56 Å². The highest BCUT2D eigenvalue weighted by Gasteiger charge is 2.36. The molecule has 5 heteroatoms. The number of hydrogen-bond acceptors (Lipinski definition) is 5. The third kappa shape index (κ3) is 2.99. The van der Waals surface area contributed by atoms with Gasteiger partial charge in [-0.15, -0.1) is 0 Å². The fourth-order valence-corrected chi connectivity index (χ4v) is 2.75. The third-order valence-corrected chi connectivity index (χ3v) is 4.09. The first-order valence-corrected chi connectivity index (χ1v) is 7.40. The van der Waals surface area contributed by atoms with Crippen LogP contribution < -0.4 is 5.32 Å². The molecule has 1 aliphatic rings. The van der Waals surface area contributed by atoms with Gasteiger partial charge in [0.25, 0.3) is 0 Å². The molecule has 2 unspecified atom stereocenters. The van der Waals surface area contributed by atoms with Gasteiger partial charge < -0.3 is 14.6 Å². The first kappa shape index (κ1) is 14.2. The molecule has 1 saturated heterocycles. The molecule has 0 amide bonds. The summed E-state index contributed by atoms with van der Waals surface area (Å²) in [5, 5.41) is 7.41. The first-order valence-electron chi connectivity index (χ1n) is 7.40. The van der Waals surface area contributed by atoms with Crippen LogP contribution in [0.1, 0.15) is 43.1 Å². The molecule has 0 bridgehead atoms. The van der Waals surface area contributed by atoms with Crippen molar-refractivity contribution in [2.24, 2.45) is 0 Å². The number of nitrogens with one attached hydrogen (secondary N) is 1. The number of rotatable bonds is 5. The van der Waals surface area contributed by atoms with Crippen LogP contribution in [0.4, 0.5) is 0 Å². The van der Waals surface area contributed by atoms with E-state index in [9.17, 15) is 0 Å². The standard InChI is InChI=1S/C16H21N3O2/c1-16(9-6-10-20-16)15-18-14(21-19-15)11-13(17-2)12-7-4-3-5-8-12/h3-5,7-8,13,17H,6,9-11H2,1-2H3. The van der Waals surface area contributed by atoms with Gasteiger partial charge in [0.05, 0.1) is 0 Å². The van der Waals surface area contributed by atoms with Crippen molar-refractivity contribution >= 4 is 0 Å². The Morgan fingerprint density at radius 3 is 2.81 bits per heavy atom. The van der Waals surface area contributed by atoms with Crippen molar-refractivity contribution in [1.29, 1.82) is 0 Å². The maximum Gasteiger partial charge on any atom is 0.228 e. The highest BCUT2D eigenvalue weighted by molar-refractivity contribution is 5.19. The predicted molar refractivity (Wildman–Crippen MR) is 78.8 cm³/mol. The molecule has 2 heterocycles. The fraction of sp³-hybridized carbons (Fsp3) is 0.500. The minimum Gasteiger partial charge on any atom is -0.367 e. The van der Waals surface area contributed by atoms with Crippen LogP contribution in [-0.2, 0) is 16.8 Å². The van der Waals surface area contributed by atoms with Gasteiger partial charge in [-0.3, -0.25) is 0 Å². The summed E-state index contributed by atoms with van der Waals surface area (Å²) in [6, 6.07) is 10.4. The first-order chi connectivity index (χ1) is 10.2. The smallest absolute Gasteiger partial charge is 0.228 e. The van der Waals surface area contributed by atoms with Gasteiger partial charge in [-0.1, -0.05) is 35.5 Å². The summed E-state index contributed by atoms with van der Waals surface area (Å²) in [4.78, 5) is 4.53. The van der Waals surface area contributed by atoms with E-state index in [1.807, 2.05) is 32.2 Å². The SMILES string of the molecule is CNC(Cc1nc(C2(C)CCCO2)no1)c1ccccc1. The molecule has 1 aromatic carbocycles. The van der Waals surface area contributed by atoms with Gasteiger partial charge in [-0.25, -0.2) is 0 Å². The molecule has 0 spiro atoms. The molecule has 2 aromatic rings. The van der Waals surface area contributed by atoms with Gasteiger partial charge in [-0.05, 0) is 32.4 Å². The zero-order valence-corrected chi connectivity index (χ0v) is 12.5. The Labute approximate surface area is 124 Å². The van der Waals surface area contributed by atoms with Crippen LogP contribution in [0.3, 0.4) is 0 Å². The second-order valence-corrected chi connectivity index (χ2v) is 5.65. The van der Waals surface area contributed by atoms with Gasteiger partial charge in [0.1, 0.15) is 5.60 Å². The maximum absolute atomic E-state index is 5.76. The number of ether oxygens (including phenoxy) is 1. The largest absolute Gasteiger partial charge is 0.367 e. The molecule has 0 radical (unpaired) electrons. The summed E-state index contributed by atoms with van der Waals surface area (Å²) < 4.78 is 11.2. The van der Waals surface area contributed by atoms with Gasteiger partial charge in [-0.2, -0.15) is 4.98 Å². The van der Waals surface area contributed by atoms with Crippen molar-refractivity contribution in [3.8, 4) is 0 Å². The molecule has 112 valence electrons. The predicted octanol–water partition coefficient (Wildman–Crippen LogP) is 2.60. The minimum atomic E-state index is -0.385. The van der Waals surface area contributed by atoms with E-state index in [-0.39, 0.29) is 11.6 Å². The lowest BCUT2D eigenvalue weighted by Crippen LogP contribution is -2.22. The van der Waals surface area contributed by atoms with Crippen molar-refractivity contribution in [1.82, 2.24) is 15.5 Å². The Hall–Kier alpha value is -1.72. The summed E-state index contributed by atoms with van der Waals surface area (Å²) in [6.45, 7) is 2.80. The number of aromatic nitrogens is 2. The lowest BCUT2D eigenvalue weighted by atomic mass is 10.0. The van der Waals surface area contributed by atoms with E-state index >= 15 is 0 Å². The molecule has 1 aromatic heterocycles. The molecule has 1 fully saturated rings. The van der Waals surface area contributed by atoms with E-state index in [2.05, 4.69) is 27.6 Å². The van der Waals surface area contributed by atoms with E-state index in [1.54, 1.807) is 0 Å². The summed E-state index contributed by atoms with van der Waals surface area (Å²) in [6.07, 6.45) is 2.66. The number of benzene rings is 1. The van der Waals surface area contributed by atoms with Crippen LogP contribution in [0.2, 0.25) is 0 Å². The third-order valence-electron chi connectivity index (χ3n) is 4.09. The van der Waals surface area contributed by atoms with Gasteiger partial charge in [0.15, 0.2) is 0 Å². The Morgan fingerprint density at radius 2 is 2.14 bits per heavy atom. The van der Waals surface area contributed by atoms with Crippen molar-refractivity contribution in [2.75, 3.05) is 13.7 Å². The zero-order valence-electron chi connectivity index (χ0n) is 12.5. The van der Waals surface area contributed by atoms with Crippen molar-refractivity contribution < 1.29 is 9.26 Å². The quantitative estimate of drug-likeness (QED) is 0.916. The second kappa shape index (κ2) is 5.95. The molecular formula is C16H21N3O2. The molecule has 5 nitrogen and oxygen atoms in total. The van der Waals surface area contributed by atoms with Crippen LogP contribution >= 0.6 is 0 Å². The Bertz CT molecular complexity index is 576. The molecule has 1 aliphatic heterocycles. The second-order valence-electron chi connectivity index (χ2n) is 5.65. The highest BCUT2D eigenvalue weighted by Crippen LogP contribution is 2.33. The van der Waals surface area contributed by atoms with Crippen LogP contribution in [0.15, 0.2) is 34.9 Å². The Morgan fingerprint density at radius 1 is 1.33 bits per heavy atom. The van der Waals surface area contributed by atoms with Gasteiger partial charge >= 0.3 is 0 Å². The van der Waals surface area contributed by atoms with E-state index in [0.29, 0.717) is 18.1 Å². The maximum atomic E-state index is 5.76. The average molecular weight is 287 g/mol. The molecular weight excluding hydrogens is 266 g/mol. The Kier molecular flexibility index (Phi) is 4.03. The number of nitrogens with zero attached hydrogens (tertiary/aromatic N) is 2. The number of likely N-dealkylation sites (N-methyl/N-ethyl adjacent to an activating group) is 1. The lowest BCUT2D eigenvalue weighted by molar-refractivity contribution is 0.00768. The molecule has 3 rings (SSSR count). The summed E-state index contributed by atoms with van der Waals surface area (Å²) in [5.41, 5.74) is 0.826.